The van der Waals surface area contributed by atoms with Crippen molar-refractivity contribution in [3.05, 3.63) is 0 Å². The van der Waals surface area contributed by atoms with Crippen molar-refractivity contribution in [1.82, 2.24) is 0 Å². The van der Waals surface area contributed by atoms with E-state index in [1.54, 1.807) is 6.92 Å². The molecule has 0 aromatic rings. The summed E-state index contributed by atoms with van der Waals surface area (Å²) in [4.78, 5) is 31.8. The van der Waals surface area contributed by atoms with Gasteiger partial charge in [0.1, 0.15) is 0 Å². The van der Waals surface area contributed by atoms with E-state index >= 15 is 0 Å². The van der Waals surface area contributed by atoms with Crippen molar-refractivity contribution in [3.8, 4) is 0 Å². The molecule has 6 N–H and O–H groups in total. The molecule has 9 nitrogen and oxygen atoms in total. The number of carbonyl (C=O) groups is 3. The smallest absolute Gasteiger partial charge is 0.371 e. The predicted molar refractivity (Wildman–Crippen MR) is 49.6 cm³/mol. The molecule has 0 rings (SSSR count). The summed E-state index contributed by atoms with van der Waals surface area (Å²) in [6.45, 7) is 1.65. The number of ether oxygens (including phenoxy) is 3. The molecule has 0 aromatic carbocycles. The van der Waals surface area contributed by atoms with Crippen molar-refractivity contribution < 1.29 is 28.6 Å². The molecule has 0 bridgehead atoms. The molecule has 0 fully saturated rings. The van der Waals surface area contributed by atoms with E-state index in [4.69, 9.17) is 17.2 Å². The van der Waals surface area contributed by atoms with Gasteiger partial charge in [-0.2, -0.15) is 0 Å². The van der Waals surface area contributed by atoms with Crippen LogP contribution in [0.4, 0.5) is 14.4 Å². The van der Waals surface area contributed by atoms with E-state index < -0.39 is 24.3 Å². The lowest BCUT2D eigenvalue weighted by atomic mass is 10.3. The first-order chi connectivity index (χ1) is 7.31. The Morgan fingerprint density at radius 3 is 1.44 bits per heavy atom. The minimum Gasteiger partial charge on any atom is -0.371 e. The molecule has 0 spiro atoms. The SMILES string of the molecule is CCCC(OC(N)=O)(OC(N)=O)OC(N)=O. The van der Waals surface area contributed by atoms with Crippen molar-refractivity contribution in [2.45, 2.75) is 25.7 Å². The average Bonchev–Trinajstić information content (AvgIpc) is 1.98. The number of carbonyl (C=O) groups excluding carboxylic acids is 3. The van der Waals surface area contributed by atoms with Gasteiger partial charge in [0.25, 0.3) is 0 Å². The molecule has 0 atom stereocenters. The summed E-state index contributed by atoms with van der Waals surface area (Å²) in [5, 5.41) is 0. The minimum absolute atomic E-state index is 0.151. The fourth-order valence-electron chi connectivity index (χ4n) is 0.982. The molecule has 0 aliphatic carbocycles. The van der Waals surface area contributed by atoms with Crippen LogP contribution >= 0.6 is 0 Å². The largest absolute Gasteiger partial charge is 0.427 e. The van der Waals surface area contributed by atoms with Gasteiger partial charge in [-0.05, 0) is 6.42 Å². The molecule has 0 heterocycles. The van der Waals surface area contributed by atoms with Gasteiger partial charge >= 0.3 is 24.3 Å². The number of hydrogen-bond acceptors (Lipinski definition) is 6. The molecule has 0 unspecified atom stereocenters. The molecule has 16 heavy (non-hydrogen) atoms. The second-order valence-corrected chi connectivity index (χ2v) is 2.70. The van der Waals surface area contributed by atoms with Crippen LogP contribution in [0.3, 0.4) is 0 Å². The van der Waals surface area contributed by atoms with Crippen LogP contribution in [-0.4, -0.2) is 24.3 Å². The molecule has 92 valence electrons. The van der Waals surface area contributed by atoms with E-state index in [9.17, 15) is 14.4 Å². The summed E-state index contributed by atoms with van der Waals surface area (Å²) < 4.78 is 13.2. The Bertz CT molecular complexity index is 251. The van der Waals surface area contributed by atoms with E-state index in [0.717, 1.165) is 0 Å². The zero-order chi connectivity index (χ0) is 12.8. The molecule has 0 aromatic heterocycles. The van der Waals surface area contributed by atoms with Crippen LogP contribution in [0.1, 0.15) is 19.8 Å². The van der Waals surface area contributed by atoms with Crippen molar-refractivity contribution in [2.75, 3.05) is 0 Å². The third-order valence-corrected chi connectivity index (χ3v) is 1.32. The van der Waals surface area contributed by atoms with Gasteiger partial charge in [-0.3, -0.25) is 0 Å². The highest BCUT2D eigenvalue weighted by atomic mass is 16.9. The van der Waals surface area contributed by atoms with Gasteiger partial charge in [0, 0.05) is 0 Å². The van der Waals surface area contributed by atoms with Gasteiger partial charge in [0.2, 0.25) is 0 Å². The summed E-state index contributed by atoms with van der Waals surface area (Å²) >= 11 is 0. The van der Waals surface area contributed by atoms with Crippen LogP contribution in [0.15, 0.2) is 0 Å². The minimum atomic E-state index is -2.31. The van der Waals surface area contributed by atoms with Gasteiger partial charge in [-0.25, -0.2) is 14.4 Å². The van der Waals surface area contributed by atoms with Crippen LogP contribution in [-0.2, 0) is 14.2 Å². The number of amides is 3. The summed E-state index contributed by atoms with van der Waals surface area (Å²) in [5.41, 5.74) is 14.2. The van der Waals surface area contributed by atoms with Crippen LogP contribution in [0.25, 0.3) is 0 Å². The Hall–Kier alpha value is -2.19. The molecular weight excluding hydrogens is 222 g/mol. The van der Waals surface area contributed by atoms with Gasteiger partial charge < -0.3 is 31.4 Å². The summed E-state index contributed by atoms with van der Waals surface area (Å²) in [5.74, 6) is -2.31. The highest BCUT2D eigenvalue weighted by Crippen LogP contribution is 2.22. The van der Waals surface area contributed by atoms with E-state index in [-0.39, 0.29) is 6.42 Å². The first-order valence-electron chi connectivity index (χ1n) is 4.26. The lowest BCUT2D eigenvalue weighted by Crippen LogP contribution is -2.47. The summed E-state index contributed by atoms with van der Waals surface area (Å²) in [6.07, 6.45) is -3.74. The molecular formula is C7H13N3O6. The van der Waals surface area contributed by atoms with Crippen LogP contribution in [0.2, 0.25) is 0 Å². The number of primary amides is 3. The zero-order valence-electron chi connectivity index (χ0n) is 8.60. The van der Waals surface area contributed by atoms with Gasteiger partial charge in [0.15, 0.2) is 0 Å². The third kappa shape index (κ3) is 4.88. The first-order valence-corrected chi connectivity index (χ1v) is 4.26. The fraction of sp³-hybridized carbons (Fsp3) is 0.571. The molecule has 9 heteroatoms. The van der Waals surface area contributed by atoms with E-state index in [2.05, 4.69) is 14.2 Å². The maximum absolute atomic E-state index is 10.6. The number of hydrogen-bond donors (Lipinski definition) is 3. The average molecular weight is 235 g/mol. The van der Waals surface area contributed by atoms with E-state index in [1.165, 1.54) is 0 Å². The molecule has 0 aliphatic rings. The zero-order valence-corrected chi connectivity index (χ0v) is 8.60. The van der Waals surface area contributed by atoms with E-state index in [0.29, 0.717) is 6.42 Å². The lowest BCUT2D eigenvalue weighted by Gasteiger charge is -2.28. The second kappa shape index (κ2) is 5.63. The van der Waals surface area contributed by atoms with E-state index in [1.807, 2.05) is 0 Å². The Morgan fingerprint density at radius 1 is 0.938 bits per heavy atom. The summed E-state index contributed by atoms with van der Waals surface area (Å²) in [6, 6.07) is 0. The van der Waals surface area contributed by atoms with Crippen molar-refractivity contribution in [3.63, 3.8) is 0 Å². The third-order valence-electron chi connectivity index (χ3n) is 1.32. The Labute approximate surface area is 90.8 Å². The van der Waals surface area contributed by atoms with Crippen molar-refractivity contribution in [2.24, 2.45) is 17.2 Å². The predicted octanol–water partition coefficient (Wildman–Crippen LogP) is -0.274. The number of rotatable bonds is 5. The standard InChI is InChI=1S/C7H13N3O6/c1-2-3-7(14-4(8)11,15-5(9)12)16-6(10)13/h2-3H2,1H3,(H2,8,11)(H2,9,12)(H2,10,13). The fourth-order valence-corrected chi connectivity index (χ4v) is 0.982. The van der Waals surface area contributed by atoms with Crippen molar-refractivity contribution >= 4 is 18.3 Å². The molecule has 0 saturated carbocycles. The second-order valence-electron chi connectivity index (χ2n) is 2.70. The molecule has 3 amide bonds. The van der Waals surface area contributed by atoms with Gasteiger partial charge in [0.05, 0.1) is 6.42 Å². The van der Waals surface area contributed by atoms with Gasteiger partial charge in [-0.15, -0.1) is 0 Å². The Balaban J connectivity index is 4.93. The monoisotopic (exact) mass is 235 g/mol. The lowest BCUT2D eigenvalue weighted by molar-refractivity contribution is -0.299. The van der Waals surface area contributed by atoms with Crippen LogP contribution in [0, 0.1) is 0 Å². The molecule has 0 radical (unpaired) electrons. The van der Waals surface area contributed by atoms with Crippen molar-refractivity contribution in [1.29, 1.82) is 0 Å². The molecule has 0 saturated heterocycles. The van der Waals surface area contributed by atoms with Crippen LogP contribution in [0.5, 0.6) is 0 Å². The van der Waals surface area contributed by atoms with Gasteiger partial charge in [-0.1, -0.05) is 6.92 Å². The highest BCUT2D eigenvalue weighted by Gasteiger charge is 2.41. The Kier molecular flexibility index (Phi) is 4.86. The normalized spacial score (nSPS) is 10.3. The molecule has 0 aliphatic heterocycles. The van der Waals surface area contributed by atoms with Crippen LogP contribution < -0.4 is 17.2 Å². The highest BCUT2D eigenvalue weighted by molar-refractivity contribution is 5.69. The topological polar surface area (TPSA) is 157 Å². The maximum atomic E-state index is 10.6. The quantitative estimate of drug-likeness (QED) is 0.556. The maximum Gasteiger partial charge on any atom is 0.427 e. The summed E-state index contributed by atoms with van der Waals surface area (Å²) in [7, 11) is 0. The number of nitrogens with two attached hydrogens (primary N) is 3. The first kappa shape index (κ1) is 13.8. The Morgan fingerprint density at radius 2 is 1.25 bits per heavy atom.